The Labute approximate surface area is 193 Å². The summed E-state index contributed by atoms with van der Waals surface area (Å²) in [7, 11) is 0. The van der Waals surface area contributed by atoms with Crippen molar-refractivity contribution in [2.75, 3.05) is 6.54 Å². The van der Waals surface area contributed by atoms with Crippen LogP contribution < -0.4 is 33.2 Å². The topological polar surface area (TPSA) is 240 Å². The van der Waals surface area contributed by atoms with Crippen molar-refractivity contribution in [1.29, 1.82) is 0 Å². The summed E-state index contributed by atoms with van der Waals surface area (Å²) >= 11 is 0. The van der Waals surface area contributed by atoms with Crippen LogP contribution in [0.5, 0.6) is 0 Å². The first-order valence-corrected chi connectivity index (χ1v) is 10.9. The molecule has 0 fully saturated rings. The molecule has 0 aromatic carbocycles. The molecule has 0 saturated heterocycles. The van der Waals surface area contributed by atoms with E-state index in [2.05, 4.69) is 16.0 Å². The number of hydrogen-bond donors (Lipinski definition) is 8. The van der Waals surface area contributed by atoms with Gasteiger partial charge in [-0.1, -0.05) is 13.8 Å². The molecule has 33 heavy (non-hydrogen) atoms. The number of aliphatic carboxylic acids is 1. The zero-order valence-corrected chi connectivity index (χ0v) is 19.4. The SMILES string of the molecule is CC(C)CC(N)C(=O)NC(CCCCN)C(=O)NC(CC(N)=O)C(=O)NC(C(=O)O)C(C)O. The molecule has 0 spiro atoms. The molecule has 0 heterocycles. The van der Waals surface area contributed by atoms with Crippen molar-refractivity contribution >= 4 is 29.6 Å². The molecule has 0 aromatic heterocycles. The number of carbonyl (C=O) groups is 5. The summed E-state index contributed by atoms with van der Waals surface area (Å²) < 4.78 is 0. The third-order valence-electron chi connectivity index (χ3n) is 4.73. The standard InChI is InChI=1S/C20H38N6O7/c1-10(2)8-12(22)17(29)24-13(6-4-5-7-21)18(30)25-14(9-15(23)28)19(31)26-16(11(3)27)20(32)33/h10-14,16,27H,4-9,21-22H2,1-3H3,(H2,23,28)(H,24,29)(H,25,30)(H,26,31)(H,32,33). The Bertz CT molecular complexity index is 686. The van der Waals surface area contributed by atoms with Crippen LogP contribution in [0.25, 0.3) is 0 Å². The fourth-order valence-electron chi connectivity index (χ4n) is 2.98. The Balaban J connectivity index is 5.51. The Morgan fingerprint density at radius 3 is 1.88 bits per heavy atom. The van der Waals surface area contributed by atoms with Crippen molar-refractivity contribution in [3.63, 3.8) is 0 Å². The smallest absolute Gasteiger partial charge is 0.328 e. The van der Waals surface area contributed by atoms with Crippen LogP contribution in [-0.4, -0.2) is 76.6 Å². The highest BCUT2D eigenvalue weighted by atomic mass is 16.4. The molecular formula is C20H38N6O7. The van der Waals surface area contributed by atoms with Gasteiger partial charge in [-0.3, -0.25) is 19.2 Å². The predicted molar refractivity (Wildman–Crippen MR) is 119 cm³/mol. The number of amides is 4. The van der Waals surface area contributed by atoms with E-state index >= 15 is 0 Å². The fourth-order valence-corrected chi connectivity index (χ4v) is 2.98. The molecule has 4 amide bonds. The van der Waals surface area contributed by atoms with E-state index in [9.17, 15) is 29.1 Å². The van der Waals surface area contributed by atoms with Crippen molar-refractivity contribution in [3.05, 3.63) is 0 Å². The summed E-state index contributed by atoms with van der Waals surface area (Å²) in [4.78, 5) is 60.5. The molecule has 5 atom stereocenters. The number of primary amides is 1. The Hall–Kier alpha value is -2.77. The van der Waals surface area contributed by atoms with Crippen molar-refractivity contribution in [3.8, 4) is 0 Å². The van der Waals surface area contributed by atoms with Crippen molar-refractivity contribution < 1.29 is 34.2 Å². The van der Waals surface area contributed by atoms with Crippen LogP contribution >= 0.6 is 0 Å². The summed E-state index contributed by atoms with van der Waals surface area (Å²) in [5.41, 5.74) is 16.5. The average Bonchev–Trinajstić information content (AvgIpc) is 2.68. The van der Waals surface area contributed by atoms with Crippen molar-refractivity contribution in [2.24, 2.45) is 23.1 Å². The molecule has 11 N–H and O–H groups in total. The number of hydrogen-bond acceptors (Lipinski definition) is 8. The number of rotatable bonds is 16. The molecular weight excluding hydrogens is 436 g/mol. The molecule has 13 nitrogen and oxygen atoms in total. The maximum atomic E-state index is 12.9. The van der Waals surface area contributed by atoms with E-state index in [-0.39, 0.29) is 12.3 Å². The van der Waals surface area contributed by atoms with Gasteiger partial charge < -0.3 is 43.4 Å². The van der Waals surface area contributed by atoms with Crippen LogP contribution in [0.3, 0.4) is 0 Å². The summed E-state index contributed by atoms with van der Waals surface area (Å²) in [5, 5.41) is 25.6. The zero-order chi connectivity index (χ0) is 25.7. The summed E-state index contributed by atoms with van der Waals surface area (Å²) in [6, 6.07) is -5.10. The third kappa shape index (κ3) is 12.2. The molecule has 0 aliphatic rings. The second-order valence-electron chi connectivity index (χ2n) is 8.38. The molecule has 13 heteroatoms. The van der Waals surface area contributed by atoms with Gasteiger partial charge in [0.05, 0.1) is 18.6 Å². The molecule has 0 bridgehead atoms. The number of aliphatic hydroxyl groups excluding tert-OH is 1. The Morgan fingerprint density at radius 1 is 0.879 bits per heavy atom. The number of carboxylic acids is 1. The summed E-state index contributed by atoms with van der Waals surface area (Å²) in [5.74, 6) is -4.64. The van der Waals surface area contributed by atoms with Crippen LogP contribution in [0.1, 0.15) is 52.9 Å². The van der Waals surface area contributed by atoms with E-state index in [1.165, 1.54) is 0 Å². The van der Waals surface area contributed by atoms with Gasteiger partial charge in [0.25, 0.3) is 0 Å². The highest BCUT2D eigenvalue weighted by molar-refractivity contribution is 5.96. The lowest BCUT2D eigenvalue weighted by molar-refractivity contribution is -0.145. The largest absolute Gasteiger partial charge is 0.480 e. The number of carbonyl (C=O) groups excluding carboxylic acids is 4. The normalized spacial score (nSPS) is 15.6. The van der Waals surface area contributed by atoms with Crippen molar-refractivity contribution in [1.82, 2.24) is 16.0 Å². The van der Waals surface area contributed by atoms with E-state index < -0.39 is 66.3 Å². The lowest BCUT2D eigenvalue weighted by Crippen LogP contribution is -2.59. The minimum Gasteiger partial charge on any atom is -0.480 e. The quantitative estimate of drug-likeness (QED) is 0.108. The molecule has 0 rings (SSSR count). The predicted octanol–water partition coefficient (Wildman–Crippen LogP) is -2.72. The second-order valence-corrected chi connectivity index (χ2v) is 8.38. The Kier molecular flexibility index (Phi) is 13.9. The summed E-state index contributed by atoms with van der Waals surface area (Å²) in [6.07, 6.45) is -0.408. The van der Waals surface area contributed by atoms with Gasteiger partial charge in [-0.05, 0) is 45.1 Å². The van der Waals surface area contributed by atoms with Crippen LogP contribution in [0.2, 0.25) is 0 Å². The molecule has 0 radical (unpaired) electrons. The number of nitrogens with two attached hydrogens (primary N) is 3. The monoisotopic (exact) mass is 474 g/mol. The average molecular weight is 475 g/mol. The van der Waals surface area contributed by atoms with Crippen LogP contribution in [0, 0.1) is 5.92 Å². The van der Waals surface area contributed by atoms with Gasteiger partial charge in [-0.25, -0.2) is 4.79 Å². The third-order valence-corrected chi connectivity index (χ3v) is 4.73. The molecule has 0 aliphatic carbocycles. The molecule has 0 saturated carbocycles. The minimum absolute atomic E-state index is 0.148. The van der Waals surface area contributed by atoms with Gasteiger partial charge in [0.1, 0.15) is 12.1 Å². The fraction of sp³-hybridized carbons (Fsp3) is 0.750. The first-order valence-electron chi connectivity index (χ1n) is 10.9. The second kappa shape index (κ2) is 15.1. The first kappa shape index (κ1) is 30.2. The van der Waals surface area contributed by atoms with Gasteiger partial charge in [0.2, 0.25) is 23.6 Å². The van der Waals surface area contributed by atoms with E-state index in [4.69, 9.17) is 22.3 Å². The maximum Gasteiger partial charge on any atom is 0.328 e. The van der Waals surface area contributed by atoms with Gasteiger partial charge in [-0.2, -0.15) is 0 Å². The van der Waals surface area contributed by atoms with E-state index in [1.807, 2.05) is 13.8 Å². The lowest BCUT2D eigenvalue weighted by atomic mass is 10.0. The van der Waals surface area contributed by atoms with Gasteiger partial charge in [-0.15, -0.1) is 0 Å². The Morgan fingerprint density at radius 2 is 1.42 bits per heavy atom. The number of aliphatic hydroxyl groups is 1. The van der Waals surface area contributed by atoms with Crippen LogP contribution in [-0.2, 0) is 24.0 Å². The number of nitrogens with one attached hydrogen (secondary N) is 3. The van der Waals surface area contributed by atoms with E-state index in [0.29, 0.717) is 25.8 Å². The molecule has 5 unspecified atom stereocenters. The molecule has 0 aromatic rings. The summed E-state index contributed by atoms with van der Waals surface area (Å²) in [6.45, 7) is 5.31. The molecule has 190 valence electrons. The molecule has 0 aliphatic heterocycles. The van der Waals surface area contributed by atoms with Crippen LogP contribution in [0.4, 0.5) is 0 Å². The van der Waals surface area contributed by atoms with Crippen LogP contribution in [0.15, 0.2) is 0 Å². The highest BCUT2D eigenvalue weighted by Crippen LogP contribution is 2.07. The van der Waals surface area contributed by atoms with Gasteiger partial charge in [0, 0.05) is 0 Å². The van der Waals surface area contributed by atoms with Gasteiger partial charge >= 0.3 is 5.97 Å². The zero-order valence-electron chi connectivity index (χ0n) is 19.4. The van der Waals surface area contributed by atoms with E-state index in [0.717, 1.165) is 6.92 Å². The minimum atomic E-state index is -1.67. The van der Waals surface area contributed by atoms with Crippen molar-refractivity contribution in [2.45, 2.75) is 83.1 Å². The highest BCUT2D eigenvalue weighted by Gasteiger charge is 2.32. The number of unbranched alkanes of at least 4 members (excludes halogenated alkanes) is 1. The number of carboxylic acid groups (broad SMARTS) is 1. The lowest BCUT2D eigenvalue weighted by Gasteiger charge is -2.25. The maximum absolute atomic E-state index is 12.9. The first-order chi connectivity index (χ1) is 15.3. The van der Waals surface area contributed by atoms with Gasteiger partial charge in [0.15, 0.2) is 6.04 Å². The van der Waals surface area contributed by atoms with E-state index in [1.54, 1.807) is 0 Å².